The van der Waals surface area contributed by atoms with E-state index in [1.165, 1.54) is 4.90 Å². The van der Waals surface area contributed by atoms with E-state index in [9.17, 15) is 9.59 Å². The molecule has 0 spiro atoms. The maximum atomic E-state index is 11.7. The van der Waals surface area contributed by atoms with Crippen LogP contribution in [0.5, 0.6) is 0 Å². The first-order valence-corrected chi connectivity index (χ1v) is 6.08. The van der Waals surface area contributed by atoms with Gasteiger partial charge in [0.1, 0.15) is 6.54 Å². The molecule has 4 nitrogen and oxygen atoms in total. The Bertz CT molecular complexity index is 381. The number of carbonyl (C=O) groups excluding carboxylic acids is 2. The van der Waals surface area contributed by atoms with Crippen molar-refractivity contribution in [2.24, 2.45) is 0 Å². The molecule has 0 atom stereocenters. The highest BCUT2D eigenvalue weighted by atomic mass is 32.2. The van der Waals surface area contributed by atoms with Crippen molar-refractivity contribution < 1.29 is 14.3 Å². The van der Waals surface area contributed by atoms with Crippen LogP contribution in [0.2, 0.25) is 0 Å². The lowest BCUT2D eigenvalue weighted by Crippen LogP contribution is -2.30. The average molecular weight is 253 g/mol. The summed E-state index contributed by atoms with van der Waals surface area (Å²) < 4.78 is 4.77. The molecule has 0 aromatic heterocycles. The molecule has 0 saturated heterocycles. The van der Waals surface area contributed by atoms with Crippen LogP contribution in [0.3, 0.4) is 0 Å². The molecule has 0 aliphatic carbocycles. The van der Waals surface area contributed by atoms with Crippen molar-refractivity contribution in [3.05, 3.63) is 30.3 Å². The minimum atomic E-state index is -0.392. The zero-order chi connectivity index (χ0) is 12.7. The molecular weight excluding hydrogens is 238 g/mol. The largest absolute Gasteiger partial charge is 0.465 e. The SMILES string of the molecule is CCOC(=O)CN(C)C(=O)Sc1ccccc1. The van der Waals surface area contributed by atoms with Crippen LogP contribution in [-0.2, 0) is 9.53 Å². The highest BCUT2D eigenvalue weighted by molar-refractivity contribution is 8.13. The standard InChI is InChI=1S/C12H15NO3S/c1-3-16-11(14)9-13(2)12(15)17-10-7-5-4-6-8-10/h4-8H,3,9H2,1-2H3. The van der Waals surface area contributed by atoms with Gasteiger partial charge in [0.25, 0.3) is 5.24 Å². The number of benzene rings is 1. The van der Waals surface area contributed by atoms with Crippen molar-refractivity contribution in [3.63, 3.8) is 0 Å². The number of thioether (sulfide) groups is 1. The van der Waals surface area contributed by atoms with Gasteiger partial charge in [-0.2, -0.15) is 0 Å². The van der Waals surface area contributed by atoms with Gasteiger partial charge in [0, 0.05) is 11.9 Å². The minimum Gasteiger partial charge on any atom is -0.465 e. The summed E-state index contributed by atoms with van der Waals surface area (Å²) in [5.74, 6) is -0.392. The number of likely N-dealkylation sites (N-methyl/N-ethyl adjacent to an activating group) is 1. The van der Waals surface area contributed by atoms with Gasteiger partial charge in [-0.15, -0.1) is 0 Å². The van der Waals surface area contributed by atoms with E-state index < -0.39 is 5.97 Å². The van der Waals surface area contributed by atoms with Crippen LogP contribution in [0.4, 0.5) is 4.79 Å². The lowest BCUT2D eigenvalue weighted by atomic mass is 10.4. The first kappa shape index (κ1) is 13.6. The molecule has 17 heavy (non-hydrogen) atoms. The summed E-state index contributed by atoms with van der Waals surface area (Å²) in [6.45, 7) is 2.04. The van der Waals surface area contributed by atoms with Crippen LogP contribution in [-0.4, -0.2) is 36.3 Å². The molecule has 0 saturated carbocycles. The quantitative estimate of drug-likeness (QED) is 0.610. The van der Waals surface area contributed by atoms with Crippen LogP contribution >= 0.6 is 11.8 Å². The molecule has 0 bridgehead atoms. The lowest BCUT2D eigenvalue weighted by molar-refractivity contribution is -0.143. The monoisotopic (exact) mass is 253 g/mol. The number of esters is 1. The van der Waals surface area contributed by atoms with Crippen LogP contribution < -0.4 is 0 Å². The maximum absolute atomic E-state index is 11.7. The molecule has 0 aliphatic rings. The van der Waals surface area contributed by atoms with Gasteiger partial charge < -0.3 is 9.64 Å². The third kappa shape index (κ3) is 4.91. The van der Waals surface area contributed by atoms with Gasteiger partial charge in [0.2, 0.25) is 0 Å². The Morgan fingerprint density at radius 2 is 1.94 bits per heavy atom. The molecule has 1 aromatic rings. The summed E-state index contributed by atoms with van der Waals surface area (Å²) in [7, 11) is 1.58. The molecule has 0 N–H and O–H groups in total. The van der Waals surface area contributed by atoms with Crippen molar-refractivity contribution in [3.8, 4) is 0 Å². The molecular formula is C12H15NO3S. The van der Waals surface area contributed by atoms with Crippen molar-refractivity contribution in [2.45, 2.75) is 11.8 Å². The Balaban J connectivity index is 2.45. The Kier molecular flexibility index (Phi) is 5.56. The summed E-state index contributed by atoms with van der Waals surface area (Å²) in [5.41, 5.74) is 0. The predicted octanol–water partition coefficient (Wildman–Crippen LogP) is 2.39. The molecule has 1 rings (SSSR count). The number of rotatable bonds is 4. The zero-order valence-corrected chi connectivity index (χ0v) is 10.7. The maximum Gasteiger partial charge on any atom is 0.325 e. The number of amides is 1. The fourth-order valence-electron chi connectivity index (χ4n) is 1.13. The fraction of sp³-hybridized carbons (Fsp3) is 0.333. The molecule has 1 amide bonds. The fourth-order valence-corrected chi connectivity index (χ4v) is 1.85. The number of nitrogens with zero attached hydrogens (tertiary/aromatic N) is 1. The molecule has 0 heterocycles. The van der Waals surface area contributed by atoms with Crippen LogP contribution in [0.15, 0.2) is 35.2 Å². The van der Waals surface area contributed by atoms with Gasteiger partial charge in [-0.3, -0.25) is 9.59 Å². The van der Waals surface area contributed by atoms with Crippen LogP contribution in [0.25, 0.3) is 0 Å². The number of carbonyl (C=O) groups is 2. The van der Waals surface area contributed by atoms with E-state index in [2.05, 4.69) is 0 Å². The molecule has 0 unspecified atom stereocenters. The molecule has 0 fully saturated rings. The van der Waals surface area contributed by atoms with E-state index in [1.807, 2.05) is 30.3 Å². The Morgan fingerprint density at radius 1 is 1.29 bits per heavy atom. The third-order valence-corrected chi connectivity index (χ3v) is 2.93. The third-order valence-electron chi connectivity index (χ3n) is 1.93. The average Bonchev–Trinajstić information content (AvgIpc) is 2.30. The highest BCUT2D eigenvalue weighted by Crippen LogP contribution is 2.19. The summed E-state index contributed by atoms with van der Waals surface area (Å²) >= 11 is 1.09. The predicted molar refractivity (Wildman–Crippen MR) is 67.0 cm³/mol. The summed E-state index contributed by atoms with van der Waals surface area (Å²) in [5, 5.41) is -0.177. The van der Waals surface area contributed by atoms with Crippen LogP contribution in [0, 0.1) is 0 Å². The second-order valence-electron chi connectivity index (χ2n) is 3.34. The first-order valence-electron chi connectivity index (χ1n) is 5.27. The Hall–Kier alpha value is -1.49. The second kappa shape index (κ2) is 6.96. The van der Waals surface area contributed by atoms with Gasteiger partial charge in [0.05, 0.1) is 6.61 Å². The summed E-state index contributed by atoms with van der Waals surface area (Å²) in [4.78, 5) is 25.1. The molecule has 1 aromatic carbocycles. The van der Waals surface area contributed by atoms with Gasteiger partial charge in [-0.25, -0.2) is 0 Å². The number of hydrogen-bond acceptors (Lipinski definition) is 4. The Labute approximate surface area is 105 Å². The molecule has 0 radical (unpaired) electrons. The molecule has 92 valence electrons. The van der Waals surface area contributed by atoms with E-state index in [4.69, 9.17) is 4.74 Å². The van der Waals surface area contributed by atoms with Gasteiger partial charge in [-0.05, 0) is 30.8 Å². The second-order valence-corrected chi connectivity index (χ2v) is 4.37. The normalized spacial score (nSPS) is 9.76. The molecule has 0 aliphatic heterocycles. The minimum absolute atomic E-state index is 0.0213. The van der Waals surface area contributed by atoms with Crippen molar-refractivity contribution in [1.29, 1.82) is 0 Å². The van der Waals surface area contributed by atoms with Crippen molar-refractivity contribution in [2.75, 3.05) is 20.2 Å². The molecule has 5 heteroatoms. The number of hydrogen-bond donors (Lipinski definition) is 0. The van der Waals surface area contributed by atoms with E-state index in [-0.39, 0.29) is 11.8 Å². The van der Waals surface area contributed by atoms with Crippen LogP contribution in [0.1, 0.15) is 6.92 Å². The van der Waals surface area contributed by atoms with Crippen molar-refractivity contribution in [1.82, 2.24) is 4.90 Å². The lowest BCUT2D eigenvalue weighted by Gasteiger charge is -2.15. The van der Waals surface area contributed by atoms with Gasteiger partial charge >= 0.3 is 5.97 Å². The summed E-state index contributed by atoms with van der Waals surface area (Å²) in [6, 6.07) is 9.31. The zero-order valence-electron chi connectivity index (χ0n) is 9.88. The number of ether oxygens (including phenoxy) is 1. The van der Waals surface area contributed by atoms with Gasteiger partial charge in [-0.1, -0.05) is 18.2 Å². The topological polar surface area (TPSA) is 46.6 Å². The van der Waals surface area contributed by atoms with Crippen molar-refractivity contribution >= 4 is 23.0 Å². The highest BCUT2D eigenvalue weighted by Gasteiger charge is 2.14. The Morgan fingerprint density at radius 3 is 2.53 bits per heavy atom. The van der Waals surface area contributed by atoms with E-state index in [0.717, 1.165) is 16.7 Å². The van der Waals surface area contributed by atoms with E-state index in [0.29, 0.717) is 6.61 Å². The smallest absolute Gasteiger partial charge is 0.325 e. The first-order chi connectivity index (χ1) is 8.13. The van der Waals surface area contributed by atoms with E-state index >= 15 is 0 Å². The summed E-state index contributed by atoms with van der Waals surface area (Å²) in [6.07, 6.45) is 0. The van der Waals surface area contributed by atoms with Gasteiger partial charge in [0.15, 0.2) is 0 Å². The van der Waals surface area contributed by atoms with E-state index in [1.54, 1.807) is 14.0 Å².